The average Bonchev–Trinajstić information content (AvgIpc) is 3.09. The third kappa shape index (κ3) is 3.39. The highest BCUT2D eigenvalue weighted by Gasteiger charge is 2.36. The molecule has 0 spiro atoms. The van der Waals surface area contributed by atoms with Crippen molar-refractivity contribution in [2.24, 2.45) is 0 Å². The van der Waals surface area contributed by atoms with Crippen LogP contribution in [0.2, 0.25) is 0 Å². The molecule has 1 aliphatic carbocycles. The van der Waals surface area contributed by atoms with Crippen molar-refractivity contribution in [1.82, 2.24) is 9.21 Å². The van der Waals surface area contributed by atoms with E-state index in [0.717, 1.165) is 18.7 Å². The Balaban J connectivity index is 1.35. The molecule has 0 saturated carbocycles. The molecule has 1 saturated heterocycles. The lowest BCUT2D eigenvalue weighted by atomic mass is 10.0. The molecule has 2 aliphatic rings. The van der Waals surface area contributed by atoms with Crippen LogP contribution in [0.15, 0.2) is 78.9 Å². The molecule has 29 heavy (non-hydrogen) atoms. The van der Waals surface area contributed by atoms with E-state index in [2.05, 4.69) is 53.4 Å². The summed E-state index contributed by atoms with van der Waals surface area (Å²) in [5, 5.41) is 0. The predicted octanol–water partition coefficient (Wildman–Crippen LogP) is 3.90. The van der Waals surface area contributed by atoms with E-state index >= 15 is 0 Å². The summed E-state index contributed by atoms with van der Waals surface area (Å²) in [4.78, 5) is 2.43. The van der Waals surface area contributed by atoms with Gasteiger partial charge in [0.1, 0.15) is 0 Å². The molecule has 0 radical (unpaired) electrons. The van der Waals surface area contributed by atoms with Crippen molar-refractivity contribution >= 4 is 10.0 Å². The molecule has 0 aromatic heterocycles. The van der Waals surface area contributed by atoms with Crippen LogP contribution in [0.5, 0.6) is 0 Å². The zero-order valence-electron chi connectivity index (χ0n) is 16.2. The number of fused-ring (bicyclic) bond motifs is 3. The molecule has 1 aliphatic heterocycles. The van der Waals surface area contributed by atoms with Gasteiger partial charge < -0.3 is 0 Å². The minimum absolute atomic E-state index is 0.0724. The largest absolute Gasteiger partial charge is 0.290 e. The number of rotatable bonds is 4. The third-order valence-electron chi connectivity index (χ3n) is 6.02. The van der Waals surface area contributed by atoms with Crippen molar-refractivity contribution in [2.45, 2.75) is 11.8 Å². The number of hydrogen-bond donors (Lipinski definition) is 0. The summed E-state index contributed by atoms with van der Waals surface area (Å²) in [5.74, 6) is 0.0724. The summed E-state index contributed by atoms with van der Waals surface area (Å²) >= 11 is 0. The fourth-order valence-corrected chi connectivity index (χ4v) is 6.15. The minimum Gasteiger partial charge on any atom is -0.290 e. The highest BCUT2D eigenvalue weighted by Crippen LogP contribution is 2.46. The van der Waals surface area contributed by atoms with Crippen LogP contribution in [0.3, 0.4) is 0 Å². The van der Waals surface area contributed by atoms with Crippen LogP contribution >= 0.6 is 0 Å². The highest BCUT2D eigenvalue weighted by molar-refractivity contribution is 7.88. The van der Waals surface area contributed by atoms with Gasteiger partial charge in [-0.05, 0) is 27.8 Å². The van der Waals surface area contributed by atoms with Gasteiger partial charge in [-0.3, -0.25) is 4.90 Å². The maximum atomic E-state index is 12.9. The lowest BCUT2D eigenvalue weighted by Gasteiger charge is -2.38. The van der Waals surface area contributed by atoms with Crippen molar-refractivity contribution < 1.29 is 8.42 Å². The second kappa shape index (κ2) is 7.41. The SMILES string of the molecule is O=S(=O)(Cc1ccccc1)N1CCN(C2c3ccccc3-c3ccccc32)CC1. The van der Waals surface area contributed by atoms with Gasteiger partial charge >= 0.3 is 0 Å². The summed E-state index contributed by atoms with van der Waals surface area (Å²) in [7, 11) is -3.30. The Morgan fingerprint density at radius 1 is 0.690 bits per heavy atom. The van der Waals surface area contributed by atoms with E-state index in [9.17, 15) is 8.42 Å². The second-order valence-electron chi connectivity index (χ2n) is 7.75. The standard InChI is InChI=1S/C24H24N2O2S/c27-29(28,18-19-8-2-1-3-9-19)26-16-14-25(15-17-26)24-22-12-6-4-10-20(22)21-11-5-7-13-23(21)24/h1-13,24H,14-18H2. The first-order chi connectivity index (χ1) is 14.1. The zero-order chi connectivity index (χ0) is 19.8. The Morgan fingerprint density at radius 3 is 1.79 bits per heavy atom. The van der Waals surface area contributed by atoms with Gasteiger partial charge in [0.05, 0.1) is 11.8 Å². The summed E-state index contributed by atoms with van der Waals surface area (Å²) in [5.41, 5.74) is 6.09. The van der Waals surface area contributed by atoms with Crippen molar-refractivity contribution in [1.29, 1.82) is 0 Å². The van der Waals surface area contributed by atoms with Crippen LogP contribution in [0.4, 0.5) is 0 Å². The zero-order valence-corrected chi connectivity index (χ0v) is 17.1. The maximum absolute atomic E-state index is 12.9. The number of piperazine rings is 1. The molecule has 0 unspecified atom stereocenters. The Hall–Kier alpha value is -2.47. The molecule has 4 nitrogen and oxygen atoms in total. The van der Waals surface area contributed by atoms with E-state index in [1.807, 2.05) is 30.3 Å². The van der Waals surface area contributed by atoms with E-state index in [1.165, 1.54) is 22.3 Å². The molecule has 148 valence electrons. The Labute approximate surface area is 172 Å². The van der Waals surface area contributed by atoms with Crippen molar-refractivity contribution in [3.63, 3.8) is 0 Å². The molecule has 1 fully saturated rings. The first-order valence-electron chi connectivity index (χ1n) is 10.1. The minimum atomic E-state index is -3.30. The lowest BCUT2D eigenvalue weighted by Crippen LogP contribution is -2.49. The molecule has 0 amide bonds. The van der Waals surface area contributed by atoms with Gasteiger partial charge in [0.25, 0.3) is 0 Å². The van der Waals surface area contributed by atoms with E-state index in [4.69, 9.17) is 0 Å². The van der Waals surface area contributed by atoms with Gasteiger partial charge in [0.15, 0.2) is 0 Å². The molecule has 1 heterocycles. The highest BCUT2D eigenvalue weighted by atomic mass is 32.2. The van der Waals surface area contributed by atoms with Gasteiger partial charge in [0.2, 0.25) is 10.0 Å². The van der Waals surface area contributed by atoms with Crippen LogP contribution in [-0.2, 0) is 15.8 Å². The molecule has 0 bridgehead atoms. The third-order valence-corrected chi connectivity index (χ3v) is 7.87. The Kier molecular flexibility index (Phi) is 4.74. The summed E-state index contributed by atoms with van der Waals surface area (Å²) < 4.78 is 27.4. The number of hydrogen-bond acceptors (Lipinski definition) is 3. The van der Waals surface area contributed by atoms with E-state index in [0.29, 0.717) is 13.1 Å². The molecule has 0 atom stereocenters. The Bertz CT molecular complexity index is 1070. The predicted molar refractivity (Wildman–Crippen MR) is 116 cm³/mol. The maximum Gasteiger partial charge on any atom is 0.218 e. The molecule has 3 aromatic carbocycles. The molecule has 5 heteroatoms. The first kappa shape index (κ1) is 18.6. The average molecular weight is 405 g/mol. The Morgan fingerprint density at radius 2 is 1.21 bits per heavy atom. The van der Waals surface area contributed by atoms with Crippen molar-refractivity contribution in [3.05, 3.63) is 95.6 Å². The molecular weight excluding hydrogens is 380 g/mol. The van der Waals surface area contributed by atoms with Crippen LogP contribution in [0.25, 0.3) is 11.1 Å². The molecule has 0 N–H and O–H groups in total. The van der Waals surface area contributed by atoms with Gasteiger partial charge in [-0.25, -0.2) is 8.42 Å². The van der Waals surface area contributed by atoms with Gasteiger partial charge in [-0.1, -0.05) is 78.9 Å². The quantitative estimate of drug-likeness (QED) is 0.662. The molecule has 5 rings (SSSR count). The van der Waals surface area contributed by atoms with Crippen LogP contribution in [0.1, 0.15) is 22.7 Å². The summed E-state index contributed by atoms with van der Waals surface area (Å²) in [6.45, 7) is 2.55. The number of nitrogens with zero attached hydrogens (tertiary/aromatic N) is 2. The molecular formula is C24H24N2O2S. The van der Waals surface area contributed by atoms with Crippen LogP contribution in [0, 0.1) is 0 Å². The van der Waals surface area contributed by atoms with E-state index < -0.39 is 10.0 Å². The van der Waals surface area contributed by atoms with Gasteiger partial charge in [-0.15, -0.1) is 0 Å². The molecule has 3 aromatic rings. The van der Waals surface area contributed by atoms with Crippen LogP contribution < -0.4 is 0 Å². The summed E-state index contributed by atoms with van der Waals surface area (Å²) in [6, 6.07) is 26.8. The van der Waals surface area contributed by atoms with Gasteiger partial charge in [0, 0.05) is 26.2 Å². The van der Waals surface area contributed by atoms with E-state index in [1.54, 1.807) is 4.31 Å². The lowest BCUT2D eigenvalue weighted by molar-refractivity contribution is 0.158. The fraction of sp³-hybridized carbons (Fsp3) is 0.250. The second-order valence-corrected chi connectivity index (χ2v) is 9.72. The first-order valence-corrected chi connectivity index (χ1v) is 11.7. The smallest absolute Gasteiger partial charge is 0.218 e. The number of sulfonamides is 1. The van der Waals surface area contributed by atoms with Gasteiger partial charge in [-0.2, -0.15) is 4.31 Å². The van der Waals surface area contributed by atoms with Crippen LogP contribution in [-0.4, -0.2) is 43.8 Å². The van der Waals surface area contributed by atoms with E-state index in [-0.39, 0.29) is 11.8 Å². The number of benzene rings is 3. The topological polar surface area (TPSA) is 40.6 Å². The summed E-state index contributed by atoms with van der Waals surface area (Å²) in [6.07, 6.45) is 0. The van der Waals surface area contributed by atoms with Crippen molar-refractivity contribution in [2.75, 3.05) is 26.2 Å². The monoisotopic (exact) mass is 404 g/mol. The fourth-order valence-electron chi connectivity index (χ4n) is 4.64. The van der Waals surface area contributed by atoms with Crippen molar-refractivity contribution in [3.8, 4) is 11.1 Å². The normalized spacial score (nSPS) is 17.8.